The quantitative estimate of drug-likeness (QED) is 0.519. The smallest absolute Gasteiger partial charge is 0.306 e. The van der Waals surface area contributed by atoms with Gasteiger partial charge in [-0.15, -0.1) is 11.3 Å². The lowest BCUT2D eigenvalue weighted by Gasteiger charge is -2.05. The molecule has 0 radical (unpaired) electrons. The van der Waals surface area contributed by atoms with E-state index in [2.05, 4.69) is 10.3 Å². The van der Waals surface area contributed by atoms with E-state index in [0.29, 0.717) is 12.2 Å². The van der Waals surface area contributed by atoms with E-state index < -0.39 is 16.4 Å². The van der Waals surface area contributed by atoms with Gasteiger partial charge in [0.25, 0.3) is 0 Å². The monoisotopic (exact) mass is 359 g/mol. The number of benzene rings is 2. The minimum atomic E-state index is -0.859. The lowest BCUT2D eigenvalue weighted by molar-refractivity contribution is -0.387. The van der Waals surface area contributed by atoms with Crippen molar-refractivity contribution < 1.29 is 14.1 Å². The molecule has 2 aromatic carbocycles. The highest BCUT2D eigenvalue weighted by atomic mass is 32.1. The Labute approximate surface area is 147 Å². The van der Waals surface area contributed by atoms with Gasteiger partial charge in [-0.25, -0.2) is 4.98 Å². The maximum Gasteiger partial charge on any atom is 0.306 e. The Morgan fingerprint density at radius 3 is 2.88 bits per heavy atom. The Morgan fingerprint density at radius 2 is 2.12 bits per heavy atom. The molecule has 0 amide bonds. The van der Waals surface area contributed by atoms with Crippen LogP contribution in [0.5, 0.6) is 5.75 Å². The number of halogens is 1. The number of nitrogens with one attached hydrogen (secondary N) is 1. The number of nitrogens with zero attached hydrogens (tertiary/aromatic N) is 2. The average molecular weight is 359 g/mol. The van der Waals surface area contributed by atoms with Crippen molar-refractivity contribution in [1.29, 1.82) is 0 Å². The van der Waals surface area contributed by atoms with E-state index in [4.69, 9.17) is 4.74 Å². The molecule has 1 aromatic heterocycles. The van der Waals surface area contributed by atoms with Crippen molar-refractivity contribution >= 4 is 22.7 Å². The van der Waals surface area contributed by atoms with Crippen LogP contribution in [0.25, 0.3) is 10.6 Å². The molecular formula is C17H14FN3O3S. The summed E-state index contributed by atoms with van der Waals surface area (Å²) in [5.41, 5.74) is 1.58. The maximum atomic E-state index is 13.4. The normalized spacial score (nSPS) is 10.5. The van der Waals surface area contributed by atoms with Gasteiger partial charge in [0.1, 0.15) is 10.8 Å². The summed E-state index contributed by atoms with van der Waals surface area (Å²) in [7, 11) is 1.61. The minimum Gasteiger partial charge on any atom is -0.496 e. The topological polar surface area (TPSA) is 77.3 Å². The van der Waals surface area contributed by atoms with Crippen LogP contribution < -0.4 is 10.1 Å². The van der Waals surface area contributed by atoms with Crippen LogP contribution in [0.3, 0.4) is 0 Å². The molecule has 1 heterocycles. The number of anilines is 1. The second-order valence-electron chi connectivity index (χ2n) is 5.12. The Kier molecular flexibility index (Phi) is 4.90. The molecule has 3 aromatic rings. The first-order chi connectivity index (χ1) is 12.1. The zero-order valence-corrected chi connectivity index (χ0v) is 14.0. The zero-order chi connectivity index (χ0) is 17.8. The molecule has 0 aliphatic rings. The highest BCUT2D eigenvalue weighted by molar-refractivity contribution is 7.13. The molecule has 0 saturated carbocycles. The number of nitro groups is 1. The number of methoxy groups -OCH3 is 1. The lowest BCUT2D eigenvalue weighted by Crippen LogP contribution is -2.01. The maximum absolute atomic E-state index is 13.4. The van der Waals surface area contributed by atoms with E-state index in [-0.39, 0.29) is 0 Å². The molecule has 0 aliphatic carbocycles. The Bertz CT molecular complexity index is 914. The molecule has 0 bridgehead atoms. The summed E-state index contributed by atoms with van der Waals surface area (Å²) < 4.78 is 18.7. The van der Waals surface area contributed by atoms with Crippen molar-refractivity contribution in [1.82, 2.24) is 4.98 Å². The third kappa shape index (κ3) is 3.74. The van der Waals surface area contributed by atoms with Gasteiger partial charge in [-0.05, 0) is 24.3 Å². The summed E-state index contributed by atoms with van der Waals surface area (Å²) in [4.78, 5) is 14.6. The van der Waals surface area contributed by atoms with Gasteiger partial charge in [-0.1, -0.05) is 12.1 Å². The molecule has 8 heteroatoms. The summed E-state index contributed by atoms with van der Waals surface area (Å²) in [5.74, 6) is -0.117. The fourth-order valence-corrected chi connectivity index (χ4v) is 3.14. The Hall–Kier alpha value is -3.00. The van der Waals surface area contributed by atoms with E-state index in [1.54, 1.807) is 7.11 Å². The number of para-hydroxylation sites is 1. The highest BCUT2D eigenvalue weighted by Crippen LogP contribution is 2.32. The standard InChI is InChI=1S/C17H14FN3O3S/c1-24-16-5-3-2-4-13(16)17-20-12(10-25-17)9-19-11-6-7-14(18)15(8-11)21(22)23/h2-8,10,19H,9H2,1H3. The Morgan fingerprint density at radius 1 is 1.32 bits per heavy atom. The number of aromatic nitrogens is 1. The summed E-state index contributed by atoms with van der Waals surface area (Å²) in [6, 6.07) is 11.3. The third-order valence-electron chi connectivity index (χ3n) is 3.51. The molecule has 6 nitrogen and oxygen atoms in total. The number of nitro benzene ring substituents is 1. The zero-order valence-electron chi connectivity index (χ0n) is 13.2. The molecule has 0 aliphatic heterocycles. The van der Waals surface area contributed by atoms with Crippen LogP contribution in [0.4, 0.5) is 15.8 Å². The molecule has 0 atom stereocenters. The fraction of sp³-hybridized carbons (Fsp3) is 0.118. The molecule has 0 saturated heterocycles. The number of rotatable bonds is 6. The van der Waals surface area contributed by atoms with E-state index in [9.17, 15) is 14.5 Å². The van der Waals surface area contributed by atoms with Crippen LogP contribution in [-0.2, 0) is 6.54 Å². The number of thiazole rings is 1. The van der Waals surface area contributed by atoms with Crippen LogP contribution in [0.2, 0.25) is 0 Å². The molecule has 0 fully saturated rings. The van der Waals surface area contributed by atoms with Gasteiger partial charge in [0, 0.05) is 17.1 Å². The van der Waals surface area contributed by atoms with Crippen LogP contribution in [0.15, 0.2) is 47.8 Å². The molecule has 25 heavy (non-hydrogen) atoms. The van der Waals surface area contributed by atoms with Crippen molar-refractivity contribution in [2.45, 2.75) is 6.54 Å². The van der Waals surface area contributed by atoms with Crippen molar-refractivity contribution in [3.8, 4) is 16.3 Å². The van der Waals surface area contributed by atoms with Crippen molar-refractivity contribution in [2.24, 2.45) is 0 Å². The van der Waals surface area contributed by atoms with Gasteiger partial charge < -0.3 is 10.1 Å². The van der Waals surface area contributed by atoms with Gasteiger partial charge in [0.2, 0.25) is 5.82 Å². The lowest BCUT2D eigenvalue weighted by atomic mass is 10.2. The highest BCUT2D eigenvalue weighted by Gasteiger charge is 2.14. The van der Waals surface area contributed by atoms with E-state index in [1.165, 1.54) is 23.5 Å². The largest absolute Gasteiger partial charge is 0.496 e. The molecule has 0 spiro atoms. The molecule has 1 N–H and O–H groups in total. The molecule has 0 unspecified atom stereocenters. The Balaban J connectivity index is 1.74. The number of hydrogen-bond donors (Lipinski definition) is 1. The van der Waals surface area contributed by atoms with Crippen LogP contribution in [0.1, 0.15) is 5.69 Å². The molecule has 3 rings (SSSR count). The second kappa shape index (κ2) is 7.27. The van der Waals surface area contributed by atoms with Crippen molar-refractivity contribution in [2.75, 3.05) is 12.4 Å². The predicted molar refractivity (Wildman–Crippen MR) is 94.5 cm³/mol. The van der Waals surface area contributed by atoms with E-state index in [1.807, 2.05) is 29.6 Å². The van der Waals surface area contributed by atoms with Crippen LogP contribution in [0, 0.1) is 15.9 Å². The van der Waals surface area contributed by atoms with Gasteiger partial charge in [-0.2, -0.15) is 4.39 Å². The summed E-state index contributed by atoms with van der Waals surface area (Å²) in [6.45, 7) is 0.369. The third-order valence-corrected chi connectivity index (χ3v) is 4.43. The number of hydrogen-bond acceptors (Lipinski definition) is 6. The molecule has 128 valence electrons. The van der Waals surface area contributed by atoms with Crippen LogP contribution in [-0.4, -0.2) is 17.0 Å². The number of ether oxygens (including phenoxy) is 1. The van der Waals surface area contributed by atoms with Crippen molar-refractivity contribution in [3.63, 3.8) is 0 Å². The SMILES string of the molecule is COc1ccccc1-c1nc(CNc2ccc(F)c([N+](=O)[O-])c2)cs1. The van der Waals surface area contributed by atoms with Gasteiger partial charge >= 0.3 is 5.69 Å². The summed E-state index contributed by atoms with van der Waals surface area (Å²) >= 11 is 1.48. The first kappa shape index (κ1) is 16.8. The van der Waals surface area contributed by atoms with E-state index in [0.717, 1.165) is 28.1 Å². The average Bonchev–Trinajstić information content (AvgIpc) is 3.09. The summed E-state index contributed by atoms with van der Waals surface area (Å²) in [6.07, 6.45) is 0. The fourth-order valence-electron chi connectivity index (χ4n) is 2.29. The van der Waals surface area contributed by atoms with Gasteiger partial charge in [0.05, 0.1) is 29.8 Å². The van der Waals surface area contributed by atoms with Gasteiger partial charge in [0.15, 0.2) is 0 Å². The van der Waals surface area contributed by atoms with Gasteiger partial charge in [-0.3, -0.25) is 10.1 Å². The first-order valence-electron chi connectivity index (χ1n) is 7.34. The van der Waals surface area contributed by atoms with Crippen LogP contribution >= 0.6 is 11.3 Å². The van der Waals surface area contributed by atoms with Crippen molar-refractivity contribution in [3.05, 3.63) is 69.5 Å². The minimum absolute atomic E-state index is 0.369. The first-order valence-corrected chi connectivity index (χ1v) is 8.22. The second-order valence-corrected chi connectivity index (χ2v) is 5.98. The summed E-state index contributed by atoms with van der Waals surface area (Å²) in [5, 5.41) is 16.5. The predicted octanol–water partition coefficient (Wildman–Crippen LogP) is 4.48. The molecular weight excluding hydrogens is 345 g/mol. The van der Waals surface area contributed by atoms with E-state index >= 15 is 0 Å².